The van der Waals surface area contributed by atoms with E-state index in [9.17, 15) is 4.79 Å². The molecular formula is C9H12O2. The van der Waals surface area contributed by atoms with Crippen molar-refractivity contribution in [1.82, 2.24) is 0 Å². The van der Waals surface area contributed by atoms with Crippen molar-refractivity contribution >= 4 is 6.29 Å². The Kier molecular flexibility index (Phi) is 1.57. The second-order valence-corrected chi connectivity index (χ2v) is 3.46. The molecule has 2 rings (SSSR count). The van der Waals surface area contributed by atoms with Crippen molar-refractivity contribution in [2.75, 3.05) is 6.61 Å². The molecule has 0 radical (unpaired) electrons. The van der Waals surface area contributed by atoms with Crippen molar-refractivity contribution < 1.29 is 9.90 Å². The first-order valence-electron chi connectivity index (χ1n) is 4.15. The summed E-state index contributed by atoms with van der Waals surface area (Å²) in [5, 5.41) is 8.97. The predicted molar refractivity (Wildman–Crippen MR) is 41.0 cm³/mol. The first-order chi connectivity index (χ1) is 5.36. The second-order valence-electron chi connectivity index (χ2n) is 3.46. The molecule has 2 atom stereocenters. The van der Waals surface area contributed by atoms with Gasteiger partial charge in [-0.15, -0.1) is 0 Å². The van der Waals surface area contributed by atoms with Gasteiger partial charge in [0.2, 0.25) is 0 Å². The summed E-state index contributed by atoms with van der Waals surface area (Å²) < 4.78 is 0. The standard InChI is InChI=1S/C9H12O2/c10-4-8-6-1-2-7(3-6)9(8)5-11/h4,6-7,11H,1-3,5H2. The Hall–Kier alpha value is -0.630. The monoisotopic (exact) mass is 152 g/mol. The van der Waals surface area contributed by atoms with Gasteiger partial charge in [0.05, 0.1) is 6.61 Å². The predicted octanol–water partition coefficient (Wildman–Crippen LogP) is 0.904. The zero-order valence-corrected chi connectivity index (χ0v) is 6.42. The summed E-state index contributed by atoms with van der Waals surface area (Å²) in [5.41, 5.74) is 1.93. The summed E-state index contributed by atoms with van der Waals surface area (Å²) in [6.07, 6.45) is 4.39. The molecule has 2 unspecified atom stereocenters. The minimum Gasteiger partial charge on any atom is -0.392 e. The van der Waals surface area contributed by atoms with Crippen molar-refractivity contribution in [3.63, 3.8) is 0 Å². The fourth-order valence-electron chi connectivity index (χ4n) is 2.47. The van der Waals surface area contributed by atoms with E-state index in [0.717, 1.165) is 30.3 Å². The van der Waals surface area contributed by atoms with E-state index in [2.05, 4.69) is 0 Å². The molecule has 0 spiro atoms. The highest BCUT2D eigenvalue weighted by Crippen LogP contribution is 2.47. The van der Waals surface area contributed by atoms with Crippen LogP contribution in [-0.2, 0) is 4.79 Å². The third-order valence-corrected chi connectivity index (χ3v) is 3.03. The quantitative estimate of drug-likeness (QED) is 0.597. The first kappa shape index (κ1) is 7.04. The lowest BCUT2D eigenvalue weighted by Crippen LogP contribution is -2.07. The third kappa shape index (κ3) is 0.857. The Morgan fingerprint density at radius 2 is 2.18 bits per heavy atom. The van der Waals surface area contributed by atoms with Crippen LogP contribution in [0, 0.1) is 11.8 Å². The van der Waals surface area contributed by atoms with Gasteiger partial charge in [-0.3, -0.25) is 4.79 Å². The van der Waals surface area contributed by atoms with Gasteiger partial charge < -0.3 is 5.11 Å². The van der Waals surface area contributed by atoms with Gasteiger partial charge in [-0.25, -0.2) is 0 Å². The number of hydrogen-bond donors (Lipinski definition) is 1. The molecule has 0 aromatic rings. The number of aliphatic hydroxyl groups excluding tert-OH is 1. The van der Waals surface area contributed by atoms with Crippen LogP contribution in [-0.4, -0.2) is 18.0 Å². The first-order valence-corrected chi connectivity index (χ1v) is 4.15. The highest BCUT2D eigenvalue weighted by Gasteiger charge is 2.38. The molecule has 0 aromatic carbocycles. The van der Waals surface area contributed by atoms with Crippen LogP contribution < -0.4 is 0 Å². The lowest BCUT2D eigenvalue weighted by atomic mass is 9.93. The van der Waals surface area contributed by atoms with Crippen LogP contribution in [0.5, 0.6) is 0 Å². The number of hydrogen-bond acceptors (Lipinski definition) is 2. The zero-order chi connectivity index (χ0) is 7.84. The average molecular weight is 152 g/mol. The lowest BCUT2D eigenvalue weighted by molar-refractivity contribution is -0.105. The molecule has 2 heteroatoms. The molecule has 2 nitrogen and oxygen atoms in total. The van der Waals surface area contributed by atoms with Gasteiger partial charge in [0.25, 0.3) is 0 Å². The number of aldehydes is 1. The minimum atomic E-state index is 0.0925. The highest BCUT2D eigenvalue weighted by atomic mass is 16.3. The van der Waals surface area contributed by atoms with Crippen LogP contribution in [0.4, 0.5) is 0 Å². The Morgan fingerprint density at radius 3 is 2.73 bits per heavy atom. The molecule has 2 aliphatic rings. The van der Waals surface area contributed by atoms with E-state index in [4.69, 9.17) is 5.11 Å². The van der Waals surface area contributed by atoms with Crippen LogP contribution in [0.25, 0.3) is 0 Å². The fraction of sp³-hybridized carbons (Fsp3) is 0.667. The van der Waals surface area contributed by atoms with Crippen molar-refractivity contribution in [3.8, 4) is 0 Å². The molecule has 0 saturated heterocycles. The van der Waals surface area contributed by atoms with E-state index in [1.165, 1.54) is 6.42 Å². The highest BCUT2D eigenvalue weighted by molar-refractivity contribution is 5.77. The van der Waals surface area contributed by atoms with Gasteiger partial charge in [0.15, 0.2) is 0 Å². The lowest BCUT2D eigenvalue weighted by Gasteiger charge is -2.13. The fourth-order valence-corrected chi connectivity index (χ4v) is 2.47. The summed E-state index contributed by atoms with van der Waals surface area (Å²) in [7, 11) is 0. The maximum absolute atomic E-state index is 10.6. The van der Waals surface area contributed by atoms with Gasteiger partial charge in [0, 0.05) is 0 Å². The summed E-state index contributed by atoms with van der Waals surface area (Å²) in [6, 6.07) is 0. The molecule has 0 amide bonds. The maximum atomic E-state index is 10.6. The molecule has 0 aliphatic heterocycles. The summed E-state index contributed by atoms with van der Waals surface area (Å²) in [5.74, 6) is 1.02. The molecule has 0 aromatic heterocycles. The molecule has 60 valence electrons. The van der Waals surface area contributed by atoms with E-state index < -0.39 is 0 Å². The van der Waals surface area contributed by atoms with Crippen LogP contribution >= 0.6 is 0 Å². The van der Waals surface area contributed by atoms with E-state index in [0.29, 0.717) is 11.8 Å². The van der Waals surface area contributed by atoms with E-state index in [1.54, 1.807) is 0 Å². The van der Waals surface area contributed by atoms with E-state index >= 15 is 0 Å². The summed E-state index contributed by atoms with van der Waals surface area (Å²) in [6.45, 7) is 0.0925. The Bertz CT molecular complexity index is 218. The largest absolute Gasteiger partial charge is 0.392 e. The van der Waals surface area contributed by atoms with Crippen molar-refractivity contribution in [1.29, 1.82) is 0 Å². The SMILES string of the molecule is O=CC1=C(CO)C2CCC1C2. The normalized spacial score (nSPS) is 35.0. The molecule has 2 aliphatic carbocycles. The van der Waals surface area contributed by atoms with Gasteiger partial charge in [-0.2, -0.15) is 0 Å². The van der Waals surface area contributed by atoms with E-state index in [-0.39, 0.29) is 6.61 Å². The molecule has 2 bridgehead atoms. The van der Waals surface area contributed by atoms with Crippen molar-refractivity contribution in [3.05, 3.63) is 11.1 Å². The summed E-state index contributed by atoms with van der Waals surface area (Å²) in [4.78, 5) is 10.6. The van der Waals surface area contributed by atoms with Gasteiger partial charge in [0.1, 0.15) is 6.29 Å². The Balaban J connectivity index is 2.34. The maximum Gasteiger partial charge on any atom is 0.146 e. The molecule has 1 fully saturated rings. The topological polar surface area (TPSA) is 37.3 Å². The number of carbonyl (C=O) groups excluding carboxylic acids is 1. The Morgan fingerprint density at radius 1 is 1.45 bits per heavy atom. The molecular weight excluding hydrogens is 140 g/mol. The number of allylic oxidation sites excluding steroid dienone is 1. The Labute approximate surface area is 65.9 Å². The molecule has 1 N–H and O–H groups in total. The molecule has 1 saturated carbocycles. The van der Waals surface area contributed by atoms with Gasteiger partial charge in [-0.05, 0) is 42.2 Å². The van der Waals surface area contributed by atoms with E-state index in [1.807, 2.05) is 0 Å². The van der Waals surface area contributed by atoms with Crippen LogP contribution in [0.3, 0.4) is 0 Å². The summed E-state index contributed by atoms with van der Waals surface area (Å²) >= 11 is 0. The van der Waals surface area contributed by atoms with Crippen LogP contribution in [0.1, 0.15) is 19.3 Å². The number of carbonyl (C=O) groups is 1. The van der Waals surface area contributed by atoms with Crippen molar-refractivity contribution in [2.24, 2.45) is 11.8 Å². The minimum absolute atomic E-state index is 0.0925. The number of aliphatic hydroxyl groups is 1. The zero-order valence-electron chi connectivity index (χ0n) is 6.42. The third-order valence-electron chi connectivity index (χ3n) is 3.03. The molecule has 0 heterocycles. The number of fused-ring (bicyclic) bond motifs is 2. The van der Waals surface area contributed by atoms with Crippen LogP contribution in [0.15, 0.2) is 11.1 Å². The smallest absolute Gasteiger partial charge is 0.146 e. The number of rotatable bonds is 2. The van der Waals surface area contributed by atoms with Gasteiger partial charge in [-0.1, -0.05) is 0 Å². The van der Waals surface area contributed by atoms with Gasteiger partial charge >= 0.3 is 0 Å². The van der Waals surface area contributed by atoms with Crippen molar-refractivity contribution in [2.45, 2.75) is 19.3 Å². The second kappa shape index (κ2) is 2.45. The average Bonchev–Trinajstić information content (AvgIpc) is 2.60. The van der Waals surface area contributed by atoms with Crippen LogP contribution in [0.2, 0.25) is 0 Å². The molecule has 11 heavy (non-hydrogen) atoms.